The molecular weight excluding hydrogens is 303 g/mol. The van der Waals surface area contributed by atoms with Crippen LogP contribution >= 0.6 is 0 Å². The van der Waals surface area contributed by atoms with E-state index in [-0.39, 0.29) is 0 Å². The summed E-state index contributed by atoms with van der Waals surface area (Å²) in [6.07, 6.45) is 0.280. The molecule has 0 spiro atoms. The SMILES string of the molecule is C/C(=C\c1cccc(C(F)(F)F)c1)CN1CCc2[nH]ncc2C1. The van der Waals surface area contributed by atoms with Crippen LogP contribution in [0.3, 0.4) is 0 Å². The molecule has 0 fully saturated rings. The van der Waals surface area contributed by atoms with E-state index in [1.54, 1.807) is 6.07 Å². The molecule has 3 nitrogen and oxygen atoms in total. The quantitative estimate of drug-likeness (QED) is 0.930. The van der Waals surface area contributed by atoms with Gasteiger partial charge < -0.3 is 0 Å². The number of benzene rings is 1. The zero-order valence-corrected chi connectivity index (χ0v) is 12.8. The summed E-state index contributed by atoms with van der Waals surface area (Å²) in [5.74, 6) is 0. The Labute approximate surface area is 132 Å². The van der Waals surface area contributed by atoms with Crippen LogP contribution in [0.4, 0.5) is 13.2 Å². The first-order valence-electron chi connectivity index (χ1n) is 7.50. The average Bonchev–Trinajstić information content (AvgIpc) is 2.94. The molecule has 6 heteroatoms. The molecule has 0 aliphatic carbocycles. The molecule has 0 radical (unpaired) electrons. The molecule has 1 aromatic carbocycles. The van der Waals surface area contributed by atoms with Crippen molar-refractivity contribution in [2.24, 2.45) is 0 Å². The van der Waals surface area contributed by atoms with Gasteiger partial charge in [0.05, 0.1) is 11.8 Å². The molecule has 0 unspecified atom stereocenters. The number of H-pyrrole nitrogens is 1. The van der Waals surface area contributed by atoms with Crippen LogP contribution in [0.15, 0.2) is 36.0 Å². The van der Waals surface area contributed by atoms with Crippen LogP contribution in [0.2, 0.25) is 0 Å². The van der Waals surface area contributed by atoms with Crippen molar-refractivity contribution in [3.8, 4) is 0 Å². The summed E-state index contributed by atoms with van der Waals surface area (Å²) in [5.41, 5.74) is 3.39. The maximum atomic E-state index is 12.8. The molecule has 23 heavy (non-hydrogen) atoms. The number of alkyl halides is 3. The zero-order chi connectivity index (χ0) is 16.4. The van der Waals surface area contributed by atoms with Crippen LogP contribution < -0.4 is 0 Å². The second-order valence-corrected chi connectivity index (χ2v) is 5.95. The van der Waals surface area contributed by atoms with E-state index < -0.39 is 11.7 Å². The fraction of sp³-hybridized carbons (Fsp3) is 0.353. The smallest absolute Gasteiger partial charge is 0.295 e. The van der Waals surface area contributed by atoms with Crippen molar-refractivity contribution < 1.29 is 13.2 Å². The van der Waals surface area contributed by atoms with Gasteiger partial charge >= 0.3 is 6.18 Å². The molecule has 2 heterocycles. The summed E-state index contributed by atoms with van der Waals surface area (Å²) in [5, 5.41) is 7.04. The normalized spacial score (nSPS) is 16.4. The molecule has 3 rings (SSSR count). The van der Waals surface area contributed by atoms with Gasteiger partial charge in [-0.05, 0) is 24.6 Å². The van der Waals surface area contributed by atoms with Crippen LogP contribution in [-0.2, 0) is 19.1 Å². The minimum atomic E-state index is -4.30. The van der Waals surface area contributed by atoms with E-state index in [0.29, 0.717) is 5.56 Å². The highest BCUT2D eigenvalue weighted by atomic mass is 19.4. The summed E-state index contributed by atoms with van der Waals surface area (Å²) < 4.78 is 38.3. The zero-order valence-electron chi connectivity index (χ0n) is 12.8. The van der Waals surface area contributed by atoms with Crippen molar-refractivity contribution >= 4 is 6.08 Å². The Morgan fingerprint density at radius 3 is 3.00 bits per heavy atom. The van der Waals surface area contributed by atoms with E-state index in [1.807, 2.05) is 19.2 Å². The van der Waals surface area contributed by atoms with Gasteiger partial charge in [0.25, 0.3) is 0 Å². The van der Waals surface area contributed by atoms with Crippen molar-refractivity contribution in [3.63, 3.8) is 0 Å². The number of fused-ring (bicyclic) bond motifs is 1. The lowest BCUT2D eigenvalue weighted by atomic mass is 10.1. The van der Waals surface area contributed by atoms with E-state index in [4.69, 9.17) is 0 Å². The second kappa shape index (κ2) is 6.20. The Hall–Kier alpha value is -2.08. The maximum Gasteiger partial charge on any atom is 0.416 e. The number of aromatic nitrogens is 2. The minimum Gasteiger partial charge on any atom is -0.295 e. The lowest BCUT2D eigenvalue weighted by Gasteiger charge is -2.26. The first-order valence-corrected chi connectivity index (χ1v) is 7.50. The number of nitrogens with zero attached hydrogens (tertiary/aromatic N) is 2. The standard InChI is InChI=1S/C17H18F3N3/c1-12(7-13-3-2-4-15(8-13)17(18,19)20)10-23-6-5-16-14(11-23)9-21-22-16/h2-4,7-9H,5-6,10-11H2,1H3,(H,21,22)/b12-7+. The largest absolute Gasteiger partial charge is 0.416 e. The summed E-state index contributed by atoms with van der Waals surface area (Å²) >= 11 is 0. The fourth-order valence-corrected chi connectivity index (χ4v) is 2.90. The molecule has 0 atom stereocenters. The Bertz CT molecular complexity index is 716. The monoisotopic (exact) mass is 321 g/mol. The van der Waals surface area contributed by atoms with Gasteiger partial charge in [-0.15, -0.1) is 0 Å². The summed E-state index contributed by atoms with van der Waals surface area (Å²) in [7, 11) is 0. The van der Waals surface area contributed by atoms with E-state index in [1.165, 1.54) is 23.4 Å². The van der Waals surface area contributed by atoms with Gasteiger partial charge in [0.1, 0.15) is 0 Å². The average molecular weight is 321 g/mol. The molecule has 1 aromatic heterocycles. The molecule has 0 amide bonds. The first-order chi connectivity index (χ1) is 10.9. The van der Waals surface area contributed by atoms with E-state index >= 15 is 0 Å². The van der Waals surface area contributed by atoms with Crippen molar-refractivity contribution in [2.75, 3.05) is 13.1 Å². The van der Waals surface area contributed by atoms with Gasteiger partial charge in [-0.1, -0.05) is 23.8 Å². The molecule has 0 saturated heterocycles. The predicted octanol–water partition coefficient (Wildman–Crippen LogP) is 3.89. The van der Waals surface area contributed by atoms with Crippen LogP contribution in [0.5, 0.6) is 0 Å². The van der Waals surface area contributed by atoms with E-state index in [0.717, 1.165) is 37.7 Å². The molecule has 1 aliphatic rings. The van der Waals surface area contributed by atoms with Gasteiger partial charge in [-0.3, -0.25) is 10.00 Å². The highest BCUT2D eigenvalue weighted by molar-refractivity contribution is 5.54. The third-order valence-corrected chi connectivity index (χ3v) is 3.98. The second-order valence-electron chi connectivity index (χ2n) is 5.95. The number of hydrogen-bond donors (Lipinski definition) is 1. The summed E-state index contributed by atoms with van der Waals surface area (Å²) in [6, 6.07) is 5.43. The van der Waals surface area contributed by atoms with Gasteiger partial charge in [0, 0.05) is 37.3 Å². The van der Waals surface area contributed by atoms with Crippen LogP contribution in [0.25, 0.3) is 6.08 Å². The maximum absolute atomic E-state index is 12.8. The van der Waals surface area contributed by atoms with Crippen molar-refractivity contribution in [3.05, 3.63) is 58.4 Å². The summed E-state index contributed by atoms with van der Waals surface area (Å²) in [4.78, 5) is 2.28. The van der Waals surface area contributed by atoms with Crippen molar-refractivity contribution in [1.82, 2.24) is 15.1 Å². The number of hydrogen-bond acceptors (Lipinski definition) is 2. The van der Waals surface area contributed by atoms with Crippen LogP contribution in [-0.4, -0.2) is 28.2 Å². The molecule has 2 aromatic rings. The molecule has 1 N–H and O–H groups in total. The Morgan fingerprint density at radius 1 is 1.39 bits per heavy atom. The molecular formula is C17H18F3N3. The van der Waals surface area contributed by atoms with E-state index in [2.05, 4.69) is 15.1 Å². The highest BCUT2D eigenvalue weighted by Gasteiger charge is 2.30. The predicted molar refractivity (Wildman–Crippen MR) is 82.7 cm³/mol. The van der Waals surface area contributed by atoms with Crippen LogP contribution in [0.1, 0.15) is 29.3 Å². The minimum absolute atomic E-state index is 0.582. The molecule has 1 aliphatic heterocycles. The van der Waals surface area contributed by atoms with Crippen LogP contribution in [0, 0.1) is 0 Å². The van der Waals surface area contributed by atoms with Gasteiger partial charge in [0.2, 0.25) is 0 Å². The number of rotatable bonds is 3. The fourth-order valence-electron chi connectivity index (χ4n) is 2.90. The van der Waals surface area contributed by atoms with E-state index in [9.17, 15) is 13.2 Å². The van der Waals surface area contributed by atoms with Crippen molar-refractivity contribution in [2.45, 2.75) is 26.1 Å². The van der Waals surface area contributed by atoms with Gasteiger partial charge in [-0.2, -0.15) is 18.3 Å². The number of halogens is 3. The Kier molecular flexibility index (Phi) is 4.26. The number of nitrogens with one attached hydrogen (secondary N) is 1. The van der Waals surface area contributed by atoms with Crippen molar-refractivity contribution in [1.29, 1.82) is 0 Å². The number of aromatic amines is 1. The topological polar surface area (TPSA) is 31.9 Å². The lowest BCUT2D eigenvalue weighted by Crippen LogP contribution is -2.31. The van der Waals surface area contributed by atoms with Gasteiger partial charge in [-0.25, -0.2) is 0 Å². The van der Waals surface area contributed by atoms with Gasteiger partial charge in [0.15, 0.2) is 0 Å². The Balaban J connectivity index is 1.69. The molecule has 0 bridgehead atoms. The Morgan fingerprint density at radius 2 is 2.22 bits per heavy atom. The third-order valence-electron chi connectivity index (χ3n) is 3.98. The molecule has 122 valence electrons. The summed E-state index contributed by atoms with van der Waals surface area (Å²) in [6.45, 7) is 4.43. The third kappa shape index (κ3) is 3.82. The first kappa shape index (κ1) is 15.8. The highest BCUT2D eigenvalue weighted by Crippen LogP contribution is 2.30. The molecule has 0 saturated carbocycles. The lowest BCUT2D eigenvalue weighted by molar-refractivity contribution is -0.137.